The van der Waals surface area contributed by atoms with Crippen LogP contribution >= 0.6 is 11.6 Å². The summed E-state index contributed by atoms with van der Waals surface area (Å²) in [6, 6.07) is 17.1. The summed E-state index contributed by atoms with van der Waals surface area (Å²) in [7, 11) is 0. The number of hydrogen-bond acceptors (Lipinski definition) is 2. The van der Waals surface area contributed by atoms with Crippen molar-refractivity contribution in [2.45, 2.75) is 39.0 Å². The monoisotopic (exact) mass is 379 g/mol. The van der Waals surface area contributed by atoms with Gasteiger partial charge < -0.3 is 0 Å². The van der Waals surface area contributed by atoms with Gasteiger partial charge in [0.1, 0.15) is 0 Å². The molecule has 1 aliphatic carbocycles. The van der Waals surface area contributed by atoms with Gasteiger partial charge in [0.2, 0.25) is 5.91 Å². The molecular weight excluding hydrogens is 358 g/mol. The summed E-state index contributed by atoms with van der Waals surface area (Å²) < 4.78 is 0. The molecule has 2 aromatic rings. The van der Waals surface area contributed by atoms with Gasteiger partial charge in [0, 0.05) is 40.7 Å². The molecule has 138 valence electrons. The van der Waals surface area contributed by atoms with Crippen LogP contribution in [0.15, 0.2) is 65.9 Å². The first-order valence-electron chi connectivity index (χ1n) is 9.26. The molecule has 0 radical (unpaired) electrons. The predicted octanol–water partition coefficient (Wildman–Crippen LogP) is 5.50. The molecule has 1 amide bonds. The van der Waals surface area contributed by atoms with E-state index in [1.54, 1.807) is 4.90 Å². The smallest absolute Gasteiger partial charge is 0.232 e. The maximum atomic E-state index is 13.2. The summed E-state index contributed by atoms with van der Waals surface area (Å²) in [5.41, 5.74) is 3.10. The first-order valence-corrected chi connectivity index (χ1v) is 9.64. The third-order valence-electron chi connectivity index (χ3n) is 5.44. The van der Waals surface area contributed by atoms with Crippen LogP contribution in [0.2, 0.25) is 5.02 Å². The lowest BCUT2D eigenvalue weighted by Crippen LogP contribution is -2.43. The molecule has 1 atom stereocenters. The minimum absolute atomic E-state index is 0.00960. The molecule has 2 aliphatic rings. The van der Waals surface area contributed by atoms with Gasteiger partial charge in [-0.2, -0.15) is 0 Å². The van der Waals surface area contributed by atoms with E-state index in [0.717, 1.165) is 22.5 Å². The number of benzene rings is 2. The van der Waals surface area contributed by atoms with Crippen molar-refractivity contribution in [1.82, 2.24) is 0 Å². The fraction of sp³-hybridized carbons (Fsp3) is 0.304. The Morgan fingerprint density at radius 2 is 1.63 bits per heavy atom. The quantitative estimate of drug-likeness (QED) is 0.690. The van der Waals surface area contributed by atoms with E-state index in [9.17, 15) is 9.59 Å². The molecule has 0 fully saturated rings. The van der Waals surface area contributed by atoms with Crippen molar-refractivity contribution in [2.24, 2.45) is 5.41 Å². The van der Waals surface area contributed by atoms with E-state index in [2.05, 4.69) is 13.8 Å². The summed E-state index contributed by atoms with van der Waals surface area (Å²) in [6.07, 6.45) is 1.43. The fourth-order valence-electron chi connectivity index (χ4n) is 4.32. The molecule has 0 saturated carbocycles. The number of ketones is 1. The maximum absolute atomic E-state index is 13.2. The predicted molar refractivity (Wildman–Crippen MR) is 108 cm³/mol. The van der Waals surface area contributed by atoms with Crippen LogP contribution in [0, 0.1) is 5.41 Å². The molecule has 0 bridgehead atoms. The Balaban J connectivity index is 1.92. The minimum atomic E-state index is -0.273. The number of amides is 1. The van der Waals surface area contributed by atoms with Gasteiger partial charge in [-0.15, -0.1) is 0 Å². The van der Waals surface area contributed by atoms with Gasteiger partial charge in [-0.05, 0) is 35.6 Å². The lowest BCUT2D eigenvalue weighted by atomic mass is 9.69. The Labute approximate surface area is 164 Å². The largest absolute Gasteiger partial charge is 0.294 e. The highest BCUT2D eigenvalue weighted by atomic mass is 35.5. The number of allylic oxidation sites excluding steroid dienone is 2. The van der Waals surface area contributed by atoms with E-state index < -0.39 is 0 Å². The summed E-state index contributed by atoms with van der Waals surface area (Å²) in [6.45, 7) is 4.17. The molecule has 0 N–H and O–H groups in total. The summed E-state index contributed by atoms with van der Waals surface area (Å²) >= 11 is 6.43. The third-order valence-corrected chi connectivity index (χ3v) is 5.78. The van der Waals surface area contributed by atoms with E-state index in [0.29, 0.717) is 17.9 Å². The van der Waals surface area contributed by atoms with Crippen molar-refractivity contribution in [3.05, 3.63) is 76.5 Å². The first-order chi connectivity index (χ1) is 12.9. The molecular formula is C23H22ClNO2. The summed E-state index contributed by atoms with van der Waals surface area (Å²) in [5.74, 6) is -0.139. The molecule has 4 heteroatoms. The maximum Gasteiger partial charge on any atom is 0.232 e. The van der Waals surface area contributed by atoms with Gasteiger partial charge in [0.05, 0.1) is 0 Å². The first kappa shape index (κ1) is 18.0. The minimum Gasteiger partial charge on any atom is -0.294 e. The van der Waals surface area contributed by atoms with Gasteiger partial charge in [-0.1, -0.05) is 61.8 Å². The van der Waals surface area contributed by atoms with Crippen LogP contribution in [-0.2, 0) is 9.59 Å². The number of para-hydroxylation sites is 1. The van der Waals surface area contributed by atoms with Crippen LogP contribution in [0.4, 0.5) is 5.69 Å². The highest BCUT2D eigenvalue weighted by Gasteiger charge is 2.44. The number of carbonyl (C=O) groups excluding carboxylic acids is 2. The van der Waals surface area contributed by atoms with Crippen LogP contribution < -0.4 is 4.90 Å². The highest BCUT2D eigenvalue weighted by molar-refractivity contribution is 6.31. The van der Waals surface area contributed by atoms with Crippen molar-refractivity contribution < 1.29 is 9.59 Å². The highest BCUT2D eigenvalue weighted by Crippen LogP contribution is 2.48. The Bertz CT molecular complexity index is 946. The zero-order valence-electron chi connectivity index (χ0n) is 15.5. The van der Waals surface area contributed by atoms with Crippen LogP contribution in [0.5, 0.6) is 0 Å². The number of Topliss-reactive ketones (excluding diaryl/α,β-unsaturated/α-hetero) is 1. The number of hydrogen-bond donors (Lipinski definition) is 0. The van der Waals surface area contributed by atoms with Gasteiger partial charge in [-0.3, -0.25) is 14.5 Å². The summed E-state index contributed by atoms with van der Waals surface area (Å²) in [5, 5.41) is 0.605. The Kier molecular flexibility index (Phi) is 4.43. The van der Waals surface area contributed by atoms with Crippen LogP contribution in [0.1, 0.15) is 44.6 Å². The Morgan fingerprint density at radius 3 is 2.33 bits per heavy atom. The molecule has 0 saturated heterocycles. The van der Waals surface area contributed by atoms with Crippen molar-refractivity contribution in [2.75, 3.05) is 4.90 Å². The topological polar surface area (TPSA) is 37.4 Å². The van der Waals surface area contributed by atoms with Gasteiger partial charge >= 0.3 is 0 Å². The molecule has 1 unspecified atom stereocenters. The number of rotatable bonds is 2. The SMILES string of the molecule is CC1(C)CC(=O)C2=C(C1)N(c1ccccc1)C(=O)CC2c1ccccc1Cl. The van der Waals surface area contributed by atoms with Crippen molar-refractivity contribution in [1.29, 1.82) is 0 Å². The van der Waals surface area contributed by atoms with Crippen LogP contribution in [-0.4, -0.2) is 11.7 Å². The molecule has 27 heavy (non-hydrogen) atoms. The second-order valence-corrected chi connectivity index (χ2v) is 8.55. The van der Waals surface area contributed by atoms with Gasteiger partial charge in [-0.25, -0.2) is 0 Å². The Morgan fingerprint density at radius 1 is 0.963 bits per heavy atom. The summed E-state index contributed by atoms with van der Waals surface area (Å²) in [4.78, 5) is 28.1. The van der Waals surface area contributed by atoms with E-state index in [4.69, 9.17) is 11.6 Å². The lowest BCUT2D eigenvalue weighted by Gasteiger charge is -2.43. The van der Waals surface area contributed by atoms with E-state index in [1.807, 2.05) is 54.6 Å². The number of carbonyl (C=O) groups is 2. The molecule has 0 spiro atoms. The second kappa shape index (κ2) is 6.65. The second-order valence-electron chi connectivity index (χ2n) is 8.14. The normalized spacial score (nSPS) is 22.0. The number of halogens is 1. The van der Waals surface area contributed by atoms with E-state index >= 15 is 0 Å². The molecule has 4 rings (SSSR count). The van der Waals surface area contributed by atoms with Crippen molar-refractivity contribution >= 4 is 29.0 Å². The standard InChI is InChI=1S/C23H22ClNO2/c1-23(2)13-19-22(20(26)14-23)17(16-10-6-7-11-18(16)24)12-21(27)25(19)15-8-4-3-5-9-15/h3-11,17H,12-14H2,1-2H3. The average molecular weight is 380 g/mol. The molecule has 1 heterocycles. The van der Waals surface area contributed by atoms with Crippen LogP contribution in [0.25, 0.3) is 0 Å². The number of anilines is 1. The Hall–Kier alpha value is -2.39. The third kappa shape index (κ3) is 3.21. The molecule has 2 aromatic carbocycles. The molecule has 0 aromatic heterocycles. The van der Waals surface area contributed by atoms with E-state index in [-0.39, 0.29) is 29.4 Å². The van der Waals surface area contributed by atoms with Crippen molar-refractivity contribution in [3.63, 3.8) is 0 Å². The molecule has 3 nitrogen and oxygen atoms in total. The van der Waals surface area contributed by atoms with E-state index in [1.165, 1.54) is 0 Å². The number of nitrogens with zero attached hydrogens (tertiary/aromatic N) is 1. The average Bonchev–Trinajstić information content (AvgIpc) is 2.61. The van der Waals surface area contributed by atoms with Gasteiger partial charge in [0.25, 0.3) is 0 Å². The van der Waals surface area contributed by atoms with Crippen LogP contribution in [0.3, 0.4) is 0 Å². The zero-order chi connectivity index (χ0) is 19.2. The van der Waals surface area contributed by atoms with Gasteiger partial charge in [0.15, 0.2) is 5.78 Å². The zero-order valence-corrected chi connectivity index (χ0v) is 16.3. The fourth-order valence-corrected chi connectivity index (χ4v) is 4.58. The van der Waals surface area contributed by atoms with Crippen molar-refractivity contribution in [3.8, 4) is 0 Å². The molecule has 1 aliphatic heterocycles. The lowest BCUT2D eigenvalue weighted by molar-refractivity contribution is -0.121.